The molecule has 0 spiro atoms. The number of fused-ring (bicyclic) bond motifs is 1. The van der Waals surface area contributed by atoms with Gasteiger partial charge in [0.1, 0.15) is 16.7 Å². The molecule has 0 aromatic heterocycles. The zero-order valence-corrected chi connectivity index (χ0v) is 12.0. The van der Waals surface area contributed by atoms with Crippen LogP contribution in [0, 0.1) is 0 Å². The lowest BCUT2D eigenvalue weighted by Gasteiger charge is -2.16. The van der Waals surface area contributed by atoms with Gasteiger partial charge in [0.2, 0.25) is 0 Å². The number of amides is 1. The fourth-order valence-electron chi connectivity index (χ4n) is 1.84. The van der Waals surface area contributed by atoms with Crippen LogP contribution in [0.2, 0.25) is 5.02 Å². The maximum absolute atomic E-state index is 11.6. The van der Waals surface area contributed by atoms with E-state index in [0.29, 0.717) is 20.9 Å². The summed E-state index contributed by atoms with van der Waals surface area (Å²) in [7, 11) is 0. The van der Waals surface area contributed by atoms with E-state index in [9.17, 15) is 4.79 Å². The van der Waals surface area contributed by atoms with Gasteiger partial charge in [-0.1, -0.05) is 35.6 Å². The van der Waals surface area contributed by atoms with Crippen LogP contribution in [0.5, 0.6) is 5.75 Å². The Morgan fingerprint density at radius 1 is 1.47 bits per heavy atom. The van der Waals surface area contributed by atoms with Crippen LogP contribution in [0.25, 0.3) is 6.08 Å². The molecule has 0 aliphatic carbocycles. The summed E-state index contributed by atoms with van der Waals surface area (Å²) in [6.07, 6.45) is 3.76. The van der Waals surface area contributed by atoms with E-state index >= 15 is 0 Å². The van der Waals surface area contributed by atoms with Crippen molar-refractivity contribution >= 4 is 51.9 Å². The molecule has 1 aromatic carbocycles. The Labute approximate surface area is 124 Å². The molecule has 19 heavy (non-hydrogen) atoms. The molecule has 2 heterocycles. The Bertz CT molecular complexity index is 652. The minimum absolute atomic E-state index is 0.159. The smallest absolute Gasteiger partial charge is 0.263 e. The summed E-state index contributed by atoms with van der Waals surface area (Å²) in [5.41, 5.74) is 1.83. The Balaban J connectivity index is 1.93. The highest BCUT2D eigenvalue weighted by Crippen LogP contribution is 2.31. The van der Waals surface area contributed by atoms with Crippen LogP contribution < -0.4 is 10.1 Å². The predicted octanol–water partition coefficient (Wildman–Crippen LogP) is 3.15. The van der Waals surface area contributed by atoms with Crippen LogP contribution in [0.15, 0.2) is 34.8 Å². The second-order valence-corrected chi connectivity index (χ2v) is 6.20. The van der Waals surface area contributed by atoms with Crippen LogP contribution in [0.1, 0.15) is 5.56 Å². The summed E-state index contributed by atoms with van der Waals surface area (Å²) in [4.78, 5) is 12.2. The molecule has 1 aromatic rings. The summed E-state index contributed by atoms with van der Waals surface area (Å²) in [5, 5.41) is 3.24. The van der Waals surface area contributed by atoms with Gasteiger partial charge in [-0.3, -0.25) is 4.79 Å². The Hall–Kier alpha value is -1.30. The number of rotatable bonds is 1. The third-order valence-corrected chi connectivity index (χ3v) is 4.06. The number of thioether (sulfide) groups is 1. The van der Waals surface area contributed by atoms with Gasteiger partial charge in [-0.2, -0.15) is 0 Å². The third kappa shape index (κ3) is 2.68. The number of hydrogen-bond donors (Lipinski definition) is 1. The quantitative estimate of drug-likeness (QED) is 0.639. The second kappa shape index (κ2) is 5.00. The van der Waals surface area contributed by atoms with E-state index < -0.39 is 0 Å². The third-order valence-electron chi connectivity index (χ3n) is 2.67. The molecule has 1 N–H and O–H groups in total. The molecule has 0 unspecified atom stereocenters. The first kappa shape index (κ1) is 12.7. The number of benzene rings is 1. The average Bonchev–Trinajstić information content (AvgIpc) is 2.67. The van der Waals surface area contributed by atoms with Crippen molar-refractivity contribution in [2.45, 2.75) is 0 Å². The zero-order chi connectivity index (χ0) is 13.4. The molecule has 3 nitrogen and oxygen atoms in total. The normalized spacial score (nSPS) is 19.8. The fraction of sp³-hybridized carbons (Fsp3) is 0.0769. The molecule has 96 valence electrons. The standard InChI is InChI=1S/C13H8ClNO2S2/c14-9-1-2-10-8(5-9)3-7(6-17-10)4-11-12(16)15-13(18)19-11/h1-5H,6H2,(H,15,16,18)/b11-4-. The van der Waals surface area contributed by atoms with Crippen LogP contribution in [0.4, 0.5) is 0 Å². The van der Waals surface area contributed by atoms with Gasteiger partial charge < -0.3 is 10.1 Å². The van der Waals surface area contributed by atoms with Crippen molar-refractivity contribution in [3.8, 4) is 5.75 Å². The number of hydrogen-bond acceptors (Lipinski definition) is 4. The topological polar surface area (TPSA) is 38.3 Å². The molecule has 0 bridgehead atoms. The number of carbonyl (C=O) groups excluding carboxylic acids is 1. The number of nitrogens with one attached hydrogen (secondary N) is 1. The molecular formula is C13H8ClNO2S2. The summed E-state index contributed by atoms with van der Waals surface area (Å²) in [6.45, 7) is 0.429. The van der Waals surface area contributed by atoms with E-state index in [2.05, 4.69) is 5.32 Å². The lowest BCUT2D eigenvalue weighted by molar-refractivity contribution is -0.115. The highest BCUT2D eigenvalue weighted by atomic mass is 35.5. The number of thiocarbonyl (C=S) groups is 1. The monoisotopic (exact) mass is 309 g/mol. The van der Waals surface area contributed by atoms with Gasteiger partial charge in [0.05, 0.1) is 4.91 Å². The molecule has 1 fully saturated rings. The van der Waals surface area contributed by atoms with Gasteiger partial charge in [0.25, 0.3) is 5.91 Å². The molecule has 1 saturated heterocycles. The van der Waals surface area contributed by atoms with Crippen molar-refractivity contribution in [1.82, 2.24) is 5.32 Å². The van der Waals surface area contributed by atoms with Gasteiger partial charge in [-0.05, 0) is 35.9 Å². The molecular weight excluding hydrogens is 302 g/mol. The molecule has 0 radical (unpaired) electrons. The van der Waals surface area contributed by atoms with E-state index in [1.54, 1.807) is 12.1 Å². The van der Waals surface area contributed by atoms with Crippen molar-refractivity contribution < 1.29 is 9.53 Å². The number of carbonyl (C=O) groups is 1. The molecule has 3 rings (SSSR count). The summed E-state index contributed by atoms with van der Waals surface area (Å²) < 4.78 is 6.10. The second-order valence-electron chi connectivity index (χ2n) is 4.04. The van der Waals surface area contributed by atoms with Crippen molar-refractivity contribution in [3.05, 3.63) is 45.3 Å². The van der Waals surface area contributed by atoms with E-state index in [-0.39, 0.29) is 5.91 Å². The van der Waals surface area contributed by atoms with E-state index in [0.717, 1.165) is 16.9 Å². The molecule has 6 heteroatoms. The van der Waals surface area contributed by atoms with Crippen LogP contribution >= 0.6 is 35.6 Å². The van der Waals surface area contributed by atoms with E-state index in [4.69, 9.17) is 28.6 Å². The Morgan fingerprint density at radius 3 is 3.05 bits per heavy atom. The first-order valence-corrected chi connectivity index (χ1v) is 7.10. The summed E-state index contributed by atoms with van der Waals surface area (Å²) >= 11 is 12.2. The predicted molar refractivity (Wildman–Crippen MR) is 81.3 cm³/mol. The van der Waals surface area contributed by atoms with Gasteiger partial charge in [-0.25, -0.2) is 0 Å². The Morgan fingerprint density at radius 2 is 2.32 bits per heavy atom. The zero-order valence-electron chi connectivity index (χ0n) is 9.60. The highest BCUT2D eigenvalue weighted by molar-refractivity contribution is 8.26. The first-order valence-electron chi connectivity index (χ1n) is 5.49. The average molecular weight is 310 g/mol. The van der Waals surface area contributed by atoms with E-state index in [1.165, 1.54) is 11.8 Å². The lowest BCUT2D eigenvalue weighted by atomic mass is 10.1. The Kier molecular flexibility index (Phi) is 3.35. The maximum atomic E-state index is 11.6. The van der Waals surface area contributed by atoms with Gasteiger partial charge >= 0.3 is 0 Å². The van der Waals surface area contributed by atoms with E-state index in [1.807, 2.05) is 18.2 Å². The van der Waals surface area contributed by atoms with Crippen LogP contribution in [-0.2, 0) is 4.79 Å². The molecule has 2 aliphatic heterocycles. The summed E-state index contributed by atoms with van der Waals surface area (Å²) in [5.74, 6) is 0.637. The van der Waals surface area contributed by atoms with Crippen molar-refractivity contribution in [1.29, 1.82) is 0 Å². The molecule has 0 saturated carbocycles. The molecule has 0 atom stereocenters. The minimum Gasteiger partial charge on any atom is -0.488 e. The lowest BCUT2D eigenvalue weighted by Crippen LogP contribution is -2.18. The largest absolute Gasteiger partial charge is 0.488 e. The SMILES string of the molecule is O=C1NC(=S)S/C1=C\C1=Cc2cc(Cl)ccc2OC1. The van der Waals surface area contributed by atoms with Crippen molar-refractivity contribution in [2.24, 2.45) is 0 Å². The van der Waals surface area contributed by atoms with Crippen molar-refractivity contribution in [3.63, 3.8) is 0 Å². The van der Waals surface area contributed by atoms with Crippen LogP contribution in [-0.4, -0.2) is 16.8 Å². The van der Waals surface area contributed by atoms with Gasteiger partial charge in [0.15, 0.2) is 0 Å². The van der Waals surface area contributed by atoms with Crippen LogP contribution in [0.3, 0.4) is 0 Å². The molecule has 1 amide bonds. The van der Waals surface area contributed by atoms with Gasteiger partial charge in [0, 0.05) is 10.6 Å². The first-order chi connectivity index (χ1) is 9.11. The molecule has 2 aliphatic rings. The van der Waals surface area contributed by atoms with Crippen molar-refractivity contribution in [2.75, 3.05) is 6.61 Å². The summed E-state index contributed by atoms with van der Waals surface area (Å²) in [6, 6.07) is 5.46. The fourth-order valence-corrected chi connectivity index (χ4v) is 3.08. The minimum atomic E-state index is -0.159. The highest BCUT2D eigenvalue weighted by Gasteiger charge is 2.23. The number of halogens is 1. The maximum Gasteiger partial charge on any atom is 0.263 e. The number of ether oxygens (including phenoxy) is 1. The van der Waals surface area contributed by atoms with Gasteiger partial charge in [-0.15, -0.1) is 0 Å².